The van der Waals surface area contributed by atoms with E-state index in [-0.39, 0.29) is 5.41 Å². The Hall–Kier alpha value is -3.32. The number of fused-ring (bicyclic) bond motifs is 1. The van der Waals surface area contributed by atoms with Gasteiger partial charge in [0.25, 0.3) is 0 Å². The molecule has 0 spiro atoms. The van der Waals surface area contributed by atoms with Crippen molar-refractivity contribution in [1.29, 1.82) is 0 Å². The fourth-order valence-corrected chi connectivity index (χ4v) is 4.32. The molecule has 0 aliphatic heterocycles. The fourth-order valence-electron chi connectivity index (χ4n) is 4.32. The van der Waals surface area contributed by atoms with Gasteiger partial charge in [-0.3, -0.25) is 0 Å². The minimum atomic E-state index is 0.164. The Bertz CT molecular complexity index is 1220. The van der Waals surface area contributed by atoms with Gasteiger partial charge < -0.3 is 4.42 Å². The molecule has 1 heterocycles. The number of benzene rings is 3. The molecule has 0 atom stereocenters. The molecular weight excluding hydrogens is 364 g/mol. The molecule has 0 N–H and O–H groups in total. The third-order valence-electron chi connectivity index (χ3n) is 6.00. The maximum Gasteiger partial charge on any atom is 0.137 e. The zero-order valence-electron chi connectivity index (χ0n) is 17.8. The Balaban J connectivity index is 1.54. The lowest BCUT2D eigenvalue weighted by Crippen LogP contribution is -2.10. The SMILES string of the molecule is CC(C)(C)c1ccc(-c2cccc3c2C=C(c2occc2-c2ccccc2)C3)cc1. The van der Waals surface area contributed by atoms with Crippen LogP contribution in [-0.2, 0) is 11.8 Å². The van der Waals surface area contributed by atoms with Crippen molar-refractivity contribution in [1.82, 2.24) is 0 Å². The molecule has 3 aromatic carbocycles. The summed E-state index contributed by atoms with van der Waals surface area (Å²) in [6, 6.07) is 28.2. The highest BCUT2D eigenvalue weighted by molar-refractivity contribution is 5.95. The lowest BCUT2D eigenvalue weighted by molar-refractivity contribution is 0.553. The molecule has 0 fully saturated rings. The second kappa shape index (κ2) is 7.18. The van der Waals surface area contributed by atoms with E-state index >= 15 is 0 Å². The van der Waals surface area contributed by atoms with Gasteiger partial charge in [-0.2, -0.15) is 0 Å². The zero-order chi connectivity index (χ0) is 20.7. The fraction of sp³-hybridized carbons (Fsp3) is 0.172. The molecule has 5 rings (SSSR count). The van der Waals surface area contributed by atoms with E-state index in [2.05, 4.69) is 99.6 Å². The van der Waals surface area contributed by atoms with Gasteiger partial charge in [-0.05, 0) is 50.9 Å². The van der Waals surface area contributed by atoms with Crippen molar-refractivity contribution in [3.8, 4) is 22.3 Å². The molecule has 0 saturated carbocycles. The number of hydrogen-bond acceptors (Lipinski definition) is 1. The van der Waals surface area contributed by atoms with E-state index in [0.717, 1.165) is 17.7 Å². The van der Waals surface area contributed by atoms with Crippen molar-refractivity contribution in [2.75, 3.05) is 0 Å². The van der Waals surface area contributed by atoms with Crippen LogP contribution in [0.25, 0.3) is 33.9 Å². The molecular formula is C29H26O. The van der Waals surface area contributed by atoms with Gasteiger partial charge >= 0.3 is 0 Å². The molecule has 0 bridgehead atoms. The van der Waals surface area contributed by atoms with Gasteiger partial charge in [0.05, 0.1) is 6.26 Å². The second-order valence-electron chi connectivity index (χ2n) is 9.08. The lowest BCUT2D eigenvalue weighted by atomic mass is 9.86. The van der Waals surface area contributed by atoms with Gasteiger partial charge in [-0.15, -0.1) is 0 Å². The van der Waals surface area contributed by atoms with Crippen LogP contribution < -0.4 is 0 Å². The number of furan rings is 1. The van der Waals surface area contributed by atoms with Crippen LogP contribution in [0.4, 0.5) is 0 Å². The third-order valence-corrected chi connectivity index (χ3v) is 6.00. The summed E-state index contributed by atoms with van der Waals surface area (Å²) in [5.41, 5.74) is 10.3. The van der Waals surface area contributed by atoms with Crippen LogP contribution in [0.1, 0.15) is 43.2 Å². The highest BCUT2D eigenvalue weighted by atomic mass is 16.3. The molecule has 1 aliphatic carbocycles. The smallest absolute Gasteiger partial charge is 0.137 e. The normalized spacial score (nSPS) is 13.2. The molecule has 0 radical (unpaired) electrons. The van der Waals surface area contributed by atoms with Gasteiger partial charge in [0, 0.05) is 17.6 Å². The van der Waals surface area contributed by atoms with Crippen molar-refractivity contribution < 1.29 is 4.42 Å². The standard InChI is InChI=1S/C29H26O/c1-29(2,3)24-14-12-21(13-15-24)25-11-7-10-22-18-23(19-27(22)25)28-26(16-17-30-28)20-8-5-4-6-9-20/h4-17,19H,18H2,1-3H3. The monoisotopic (exact) mass is 390 g/mol. The predicted molar refractivity (Wildman–Crippen MR) is 126 cm³/mol. The molecule has 148 valence electrons. The van der Waals surface area contributed by atoms with Crippen LogP contribution in [-0.4, -0.2) is 0 Å². The van der Waals surface area contributed by atoms with Crippen LogP contribution in [0.3, 0.4) is 0 Å². The summed E-state index contributed by atoms with van der Waals surface area (Å²) < 4.78 is 5.96. The van der Waals surface area contributed by atoms with E-state index in [1.165, 1.54) is 39.0 Å². The van der Waals surface area contributed by atoms with Gasteiger partial charge in [-0.1, -0.05) is 93.6 Å². The molecule has 1 aromatic heterocycles. The van der Waals surface area contributed by atoms with Crippen LogP contribution >= 0.6 is 0 Å². The maximum absolute atomic E-state index is 5.96. The highest BCUT2D eigenvalue weighted by Crippen LogP contribution is 2.41. The molecule has 0 amide bonds. The average molecular weight is 391 g/mol. The second-order valence-corrected chi connectivity index (χ2v) is 9.08. The number of hydrogen-bond donors (Lipinski definition) is 0. The minimum Gasteiger partial charge on any atom is -0.464 e. The van der Waals surface area contributed by atoms with Gasteiger partial charge in [0.15, 0.2) is 0 Å². The highest BCUT2D eigenvalue weighted by Gasteiger charge is 2.22. The Kier molecular flexibility index (Phi) is 4.47. The van der Waals surface area contributed by atoms with Crippen LogP contribution in [0, 0.1) is 0 Å². The maximum atomic E-state index is 5.96. The van der Waals surface area contributed by atoms with E-state index in [1.807, 2.05) is 6.07 Å². The Morgan fingerprint density at radius 1 is 0.700 bits per heavy atom. The summed E-state index contributed by atoms with van der Waals surface area (Å²) in [7, 11) is 0. The summed E-state index contributed by atoms with van der Waals surface area (Å²) in [6.45, 7) is 6.76. The third kappa shape index (κ3) is 3.31. The topological polar surface area (TPSA) is 13.1 Å². The van der Waals surface area contributed by atoms with E-state index < -0.39 is 0 Å². The molecule has 30 heavy (non-hydrogen) atoms. The van der Waals surface area contributed by atoms with Crippen molar-refractivity contribution in [3.05, 3.63) is 108 Å². The Morgan fingerprint density at radius 3 is 2.17 bits per heavy atom. The Morgan fingerprint density at radius 2 is 1.43 bits per heavy atom. The zero-order valence-corrected chi connectivity index (χ0v) is 17.8. The summed E-state index contributed by atoms with van der Waals surface area (Å²) in [6.07, 6.45) is 5.01. The van der Waals surface area contributed by atoms with E-state index in [4.69, 9.17) is 4.42 Å². The quantitative estimate of drug-likeness (QED) is 0.345. The molecule has 0 unspecified atom stereocenters. The van der Waals surface area contributed by atoms with Crippen molar-refractivity contribution in [2.24, 2.45) is 0 Å². The Labute approximate surface area is 178 Å². The first-order chi connectivity index (χ1) is 14.5. The van der Waals surface area contributed by atoms with E-state index in [1.54, 1.807) is 6.26 Å². The molecule has 1 nitrogen and oxygen atoms in total. The van der Waals surface area contributed by atoms with Crippen molar-refractivity contribution >= 4 is 11.6 Å². The number of rotatable bonds is 3. The van der Waals surface area contributed by atoms with Gasteiger partial charge in [-0.25, -0.2) is 0 Å². The van der Waals surface area contributed by atoms with Crippen molar-refractivity contribution in [2.45, 2.75) is 32.6 Å². The molecule has 1 heteroatoms. The van der Waals surface area contributed by atoms with Gasteiger partial charge in [0.1, 0.15) is 5.76 Å². The minimum absolute atomic E-state index is 0.164. The van der Waals surface area contributed by atoms with Crippen LogP contribution in [0.5, 0.6) is 0 Å². The molecule has 4 aromatic rings. The first-order valence-corrected chi connectivity index (χ1v) is 10.6. The largest absolute Gasteiger partial charge is 0.464 e. The summed E-state index contributed by atoms with van der Waals surface area (Å²) in [5, 5.41) is 0. The first kappa shape index (κ1) is 18.7. The van der Waals surface area contributed by atoms with E-state index in [0.29, 0.717) is 0 Å². The summed E-state index contributed by atoms with van der Waals surface area (Å²) in [4.78, 5) is 0. The molecule has 1 aliphatic rings. The summed E-state index contributed by atoms with van der Waals surface area (Å²) >= 11 is 0. The van der Waals surface area contributed by atoms with Crippen molar-refractivity contribution in [3.63, 3.8) is 0 Å². The first-order valence-electron chi connectivity index (χ1n) is 10.6. The van der Waals surface area contributed by atoms with Crippen LogP contribution in [0.2, 0.25) is 0 Å². The predicted octanol–water partition coefficient (Wildman–Crippen LogP) is 8.01. The lowest BCUT2D eigenvalue weighted by Gasteiger charge is -2.19. The summed E-state index contributed by atoms with van der Waals surface area (Å²) in [5.74, 6) is 0.978. The van der Waals surface area contributed by atoms with Crippen LogP contribution in [0.15, 0.2) is 89.5 Å². The average Bonchev–Trinajstić information content (AvgIpc) is 3.40. The molecule has 0 saturated heterocycles. The number of allylic oxidation sites excluding steroid dienone is 1. The van der Waals surface area contributed by atoms with Gasteiger partial charge in [0.2, 0.25) is 0 Å². The van der Waals surface area contributed by atoms with E-state index in [9.17, 15) is 0 Å².